The zero-order chi connectivity index (χ0) is 11.7. The van der Waals surface area contributed by atoms with Gasteiger partial charge in [0.05, 0.1) is 0 Å². The summed E-state index contributed by atoms with van der Waals surface area (Å²) < 4.78 is 0. The fraction of sp³-hybridized carbons (Fsp3) is 0.364. The molecule has 1 aliphatic heterocycles. The first-order valence-corrected chi connectivity index (χ1v) is 5.81. The molecule has 16 heavy (non-hydrogen) atoms. The Morgan fingerprint density at radius 2 is 1.88 bits per heavy atom. The van der Waals surface area contributed by atoms with Crippen LogP contribution in [-0.4, -0.2) is 18.5 Å². The van der Waals surface area contributed by atoms with Crippen LogP contribution in [0.2, 0.25) is 10.0 Å². The van der Waals surface area contributed by atoms with E-state index in [0.29, 0.717) is 10.0 Å². The van der Waals surface area contributed by atoms with Crippen LogP contribution in [0.3, 0.4) is 0 Å². The van der Waals surface area contributed by atoms with Crippen LogP contribution in [0.1, 0.15) is 18.5 Å². The molecule has 0 spiro atoms. The van der Waals surface area contributed by atoms with Crippen LogP contribution >= 0.6 is 23.2 Å². The summed E-state index contributed by atoms with van der Waals surface area (Å²) in [4.78, 5) is 11.8. The number of nitrogens with one attached hydrogen (secondary N) is 2. The number of carbonyl (C=O) groups excluding carboxylic acids is 1. The molecule has 0 aromatic heterocycles. The van der Waals surface area contributed by atoms with E-state index in [-0.39, 0.29) is 18.0 Å². The van der Waals surface area contributed by atoms with Crippen LogP contribution in [0.15, 0.2) is 18.2 Å². The van der Waals surface area contributed by atoms with Crippen molar-refractivity contribution in [1.29, 1.82) is 0 Å². The van der Waals surface area contributed by atoms with E-state index in [0.717, 1.165) is 12.1 Å². The van der Waals surface area contributed by atoms with Gasteiger partial charge >= 0.3 is 0 Å². The maximum atomic E-state index is 11.8. The summed E-state index contributed by atoms with van der Waals surface area (Å²) >= 11 is 11.8. The molecule has 1 fully saturated rings. The van der Waals surface area contributed by atoms with Gasteiger partial charge in [-0.25, -0.2) is 0 Å². The highest BCUT2D eigenvalue weighted by molar-refractivity contribution is 6.34. The maximum absolute atomic E-state index is 11.8. The number of benzene rings is 1. The van der Waals surface area contributed by atoms with Crippen LogP contribution < -0.4 is 10.6 Å². The second-order valence-corrected chi connectivity index (χ2v) is 4.83. The first-order valence-electron chi connectivity index (χ1n) is 5.06. The average Bonchev–Trinajstić information content (AvgIpc) is 2.15. The molecule has 0 radical (unpaired) electrons. The zero-order valence-corrected chi connectivity index (χ0v) is 10.3. The second-order valence-electron chi connectivity index (χ2n) is 3.95. The number of hydrogen-bond acceptors (Lipinski definition) is 2. The molecule has 0 bridgehead atoms. The maximum Gasteiger partial charge on any atom is 0.241 e. The molecule has 5 heteroatoms. The number of hydrogen-bond donors (Lipinski definition) is 2. The van der Waals surface area contributed by atoms with Crippen molar-refractivity contribution in [2.75, 3.05) is 6.54 Å². The first kappa shape index (κ1) is 11.7. The van der Waals surface area contributed by atoms with E-state index in [1.54, 1.807) is 18.2 Å². The fourth-order valence-corrected chi connectivity index (χ4v) is 2.32. The molecule has 0 unspecified atom stereocenters. The van der Waals surface area contributed by atoms with Crippen molar-refractivity contribution in [3.05, 3.63) is 33.8 Å². The van der Waals surface area contributed by atoms with Crippen molar-refractivity contribution in [1.82, 2.24) is 10.6 Å². The van der Waals surface area contributed by atoms with Crippen LogP contribution in [0.4, 0.5) is 0 Å². The van der Waals surface area contributed by atoms with Crippen molar-refractivity contribution < 1.29 is 4.79 Å². The van der Waals surface area contributed by atoms with Crippen LogP contribution in [0.25, 0.3) is 0 Å². The molecule has 2 rings (SSSR count). The summed E-state index contributed by atoms with van der Waals surface area (Å²) in [5.74, 6) is -0.0444. The molecule has 86 valence electrons. The third-order valence-corrected chi connectivity index (χ3v) is 2.93. The van der Waals surface area contributed by atoms with E-state index in [1.165, 1.54) is 0 Å². The largest absolute Gasteiger partial charge is 0.351 e. The molecule has 2 N–H and O–H groups in total. The lowest BCUT2D eigenvalue weighted by atomic mass is 10.0. The average molecular weight is 259 g/mol. The minimum Gasteiger partial charge on any atom is -0.351 e. The summed E-state index contributed by atoms with van der Waals surface area (Å²) in [5, 5.41) is 7.11. The van der Waals surface area contributed by atoms with Crippen molar-refractivity contribution in [3.63, 3.8) is 0 Å². The third kappa shape index (κ3) is 2.48. The highest BCUT2D eigenvalue weighted by Crippen LogP contribution is 2.24. The number of piperazine rings is 1. The van der Waals surface area contributed by atoms with E-state index in [4.69, 9.17) is 23.2 Å². The Labute approximate surface area is 104 Å². The standard InChI is InChI=1S/C11H12Cl2N2O/c1-6-5-14-10(11(16)15-6)7-2-8(12)4-9(13)3-7/h2-4,6,10,14H,5H2,1H3,(H,15,16)/t6-,10+/m1/s1. The van der Waals surface area contributed by atoms with Crippen molar-refractivity contribution in [2.24, 2.45) is 0 Å². The van der Waals surface area contributed by atoms with Gasteiger partial charge in [0.1, 0.15) is 6.04 Å². The number of halogens is 2. The molecule has 0 saturated carbocycles. The molecule has 1 saturated heterocycles. The Bertz CT molecular complexity index is 402. The van der Waals surface area contributed by atoms with Gasteiger partial charge < -0.3 is 10.6 Å². The third-order valence-electron chi connectivity index (χ3n) is 2.50. The molecule has 1 aromatic rings. The summed E-state index contributed by atoms with van der Waals surface area (Å²) in [7, 11) is 0. The molecule has 1 aliphatic rings. The van der Waals surface area contributed by atoms with Crippen LogP contribution in [0, 0.1) is 0 Å². The number of carbonyl (C=O) groups is 1. The lowest BCUT2D eigenvalue weighted by Crippen LogP contribution is -2.52. The van der Waals surface area contributed by atoms with Gasteiger partial charge in [0.2, 0.25) is 5.91 Å². The topological polar surface area (TPSA) is 41.1 Å². The smallest absolute Gasteiger partial charge is 0.241 e. The quantitative estimate of drug-likeness (QED) is 0.811. The molecule has 1 aromatic carbocycles. The Morgan fingerprint density at radius 1 is 1.25 bits per heavy atom. The Kier molecular flexibility index (Phi) is 3.38. The van der Waals surface area contributed by atoms with E-state index >= 15 is 0 Å². The Hall–Kier alpha value is -0.770. The number of rotatable bonds is 1. The minimum atomic E-state index is -0.368. The summed E-state index contributed by atoms with van der Waals surface area (Å²) in [5.41, 5.74) is 0.793. The molecule has 2 atom stereocenters. The normalized spacial score (nSPS) is 25.3. The van der Waals surface area contributed by atoms with Crippen molar-refractivity contribution >= 4 is 29.1 Å². The van der Waals surface area contributed by atoms with E-state index in [9.17, 15) is 4.79 Å². The minimum absolute atomic E-state index is 0.0444. The lowest BCUT2D eigenvalue weighted by molar-refractivity contribution is -0.125. The monoisotopic (exact) mass is 258 g/mol. The molecule has 3 nitrogen and oxygen atoms in total. The van der Waals surface area contributed by atoms with Gasteiger partial charge in [0.15, 0.2) is 0 Å². The predicted octanol–water partition coefficient (Wildman–Crippen LogP) is 2.14. The van der Waals surface area contributed by atoms with E-state index < -0.39 is 0 Å². The summed E-state index contributed by atoms with van der Waals surface area (Å²) in [6, 6.07) is 4.93. The summed E-state index contributed by atoms with van der Waals surface area (Å²) in [6.45, 7) is 2.69. The first-order chi connectivity index (χ1) is 7.56. The second kappa shape index (κ2) is 4.62. The number of amides is 1. The van der Waals surface area contributed by atoms with Crippen molar-refractivity contribution in [2.45, 2.75) is 19.0 Å². The molecular formula is C11H12Cl2N2O. The van der Waals surface area contributed by atoms with Gasteiger partial charge in [-0.2, -0.15) is 0 Å². The van der Waals surface area contributed by atoms with Gasteiger partial charge in [-0.3, -0.25) is 4.79 Å². The predicted molar refractivity (Wildman–Crippen MR) is 64.8 cm³/mol. The van der Waals surface area contributed by atoms with Crippen molar-refractivity contribution in [3.8, 4) is 0 Å². The Balaban J connectivity index is 2.26. The SMILES string of the molecule is C[C@@H]1CN[C@@H](c2cc(Cl)cc(Cl)c2)C(=O)N1. The van der Waals surface area contributed by atoms with Gasteiger partial charge in [-0.05, 0) is 30.7 Å². The lowest BCUT2D eigenvalue weighted by Gasteiger charge is -2.28. The molecule has 0 aliphatic carbocycles. The van der Waals surface area contributed by atoms with Gasteiger partial charge in [-0.15, -0.1) is 0 Å². The zero-order valence-electron chi connectivity index (χ0n) is 8.76. The highest BCUT2D eigenvalue weighted by Gasteiger charge is 2.26. The summed E-state index contributed by atoms with van der Waals surface area (Å²) in [6.07, 6.45) is 0. The van der Waals surface area contributed by atoms with E-state index in [2.05, 4.69) is 10.6 Å². The van der Waals surface area contributed by atoms with E-state index in [1.807, 2.05) is 6.92 Å². The Morgan fingerprint density at radius 3 is 2.44 bits per heavy atom. The fourth-order valence-electron chi connectivity index (χ4n) is 1.78. The molecule has 1 amide bonds. The van der Waals surface area contributed by atoms with Gasteiger partial charge in [0, 0.05) is 22.6 Å². The van der Waals surface area contributed by atoms with Crippen LogP contribution in [-0.2, 0) is 4.79 Å². The molecular weight excluding hydrogens is 247 g/mol. The molecule has 1 heterocycles. The van der Waals surface area contributed by atoms with Crippen LogP contribution in [0.5, 0.6) is 0 Å². The highest BCUT2D eigenvalue weighted by atomic mass is 35.5. The van der Waals surface area contributed by atoms with Gasteiger partial charge in [0.25, 0.3) is 0 Å². The van der Waals surface area contributed by atoms with Gasteiger partial charge in [-0.1, -0.05) is 23.2 Å².